The molecule has 98 valence electrons. The molecule has 19 heavy (non-hydrogen) atoms. The number of hydrogen-bond donors (Lipinski definition) is 1. The molecule has 2 aromatic carbocycles. The van der Waals surface area contributed by atoms with Crippen molar-refractivity contribution in [3.8, 4) is 0 Å². The average Bonchev–Trinajstić information content (AvgIpc) is 3.26. The van der Waals surface area contributed by atoms with Gasteiger partial charge in [0.15, 0.2) is 0 Å². The lowest BCUT2D eigenvalue weighted by atomic mass is 9.98. The summed E-state index contributed by atoms with van der Waals surface area (Å²) in [6.07, 6.45) is 2.89. The van der Waals surface area contributed by atoms with Gasteiger partial charge in [-0.25, -0.2) is 0 Å². The summed E-state index contributed by atoms with van der Waals surface area (Å²) in [5.41, 5.74) is 3.62. The predicted octanol–water partition coefficient (Wildman–Crippen LogP) is 4.44. The molecule has 1 atom stereocenters. The Kier molecular flexibility index (Phi) is 3.89. The SMILES string of the molecule is OC(Cc1ccc(I)cc1)c1cccc(C2CC2)c1. The molecule has 1 unspecified atom stereocenters. The summed E-state index contributed by atoms with van der Waals surface area (Å²) < 4.78 is 1.23. The van der Waals surface area contributed by atoms with Gasteiger partial charge in [0.2, 0.25) is 0 Å². The second-order valence-electron chi connectivity index (χ2n) is 5.29. The van der Waals surface area contributed by atoms with E-state index in [1.165, 1.54) is 27.5 Å². The van der Waals surface area contributed by atoms with Crippen molar-refractivity contribution in [1.82, 2.24) is 0 Å². The minimum Gasteiger partial charge on any atom is -0.388 e. The quantitative estimate of drug-likeness (QED) is 0.795. The Hall–Kier alpha value is -0.870. The Morgan fingerprint density at radius 1 is 1.11 bits per heavy atom. The van der Waals surface area contributed by atoms with Crippen LogP contribution in [0.4, 0.5) is 0 Å². The highest BCUT2D eigenvalue weighted by molar-refractivity contribution is 14.1. The fourth-order valence-corrected chi connectivity index (χ4v) is 2.76. The van der Waals surface area contributed by atoms with Gasteiger partial charge in [-0.1, -0.05) is 36.4 Å². The summed E-state index contributed by atoms with van der Waals surface area (Å²) in [5, 5.41) is 10.4. The van der Waals surface area contributed by atoms with E-state index in [0.717, 1.165) is 11.5 Å². The van der Waals surface area contributed by atoms with Gasteiger partial charge in [0, 0.05) is 9.99 Å². The average molecular weight is 364 g/mol. The number of aliphatic hydroxyl groups is 1. The van der Waals surface area contributed by atoms with Gasteiger partial charge in [-0.05, 0) is 70.2 Å². The Bertz CT molecular complexity index is 558. The smallest absolute Gasteiger partial charge is 0.0830 e. The molecule has 0 aromatic heterocycles. The van der Waals surface area contributed by atoms with E-state index in [9.17, 15) is 5.11 Å². The van der Waals surface area contributed by atoms with Crippen LogP contribution in [0.2, 0.25) is 0 Å². The first-order chi connectivity index (χ1) is 9.22. The van der Waals surface area contributed by atoms with Crippen molar-refractivity contribution in [2.45, 2.75) is 31.3 Å². The third-order valence-electron chi connectivity index (χ3n) is 3.69. The fourth-order valence-electron chi connectivity index (χ4n) is 2.40. The molecule has 0 radical (unpaired) electrons. The summed E-state index contributed by atoms with van der Waals surface area (Å²) in [6, 6.07) is 16.8. The van der Waals surface area contributed by atoms with E-state index in [-0.39, 0.29) is 0 Å². The van der Waals surface area contributed by atoms with Crippen LogP contribution in [-0.2, 0) is 6.42 Å². The number of benzene rings is 2. The maximum atomic E-state index is 10.4. The topological polar surface area (TPSA) is 20.2 Å². The monoisotopic (exact) mass is 364 g/mol. The molecular formula is C17H17IO. The molecule has 2 heteroatoms. The largest absolute Gasteiger partial charge is 0.388 e. The van der Waals surface area contributed by atoms with E-state index in [1.54, 1.807) is 0 Å². The molecule has 1 aliphatic rings. The van der Waals surface area contributed by atoms with Crippen LogP contribution < -0.4 is 0 Å². The maximum Gasteiger partial charge on any atom is 0.0830 e. The lowest BCUT2D eigenvalue weighted by molar-refractivity contribution is 0.178. The van der Waals surface area contributed by atoms with Crippen molar-refractivity contribution in [3.05, 3.63) is 68.8 Å². The highest BCUT2D eigenvalue weighted by Crippen LogP contribution is 2.40. The third-order valence-corrected chi connectivity index (χ3v) is 4.41. The number of rotatable bonds is 4. The van der Waals surface area contributed by atoms with E-state index < -0.39 is 6.10 Å². The minimum atomic E-state index is -0.404. The summed E-state index contributed by atoms with van der Waals surface area (Å²) in [6.45, 7) is 0. The molecule has 0 heterocycles. The summed E-state index contributed by atoms with van der Waals surface area (Å²) in [4.78, 5) is 0. The van der Waals surface area contributed by atoms with Crippen LogP contribution in [0.1, 0.15) is 41.6 Å². The van der Waals surface area contributed by atoms with Gasteiger partial charge in [0.1, 0.15) is 0 Å². The highest BCUT2D eigenvalue weighted by Gasteiger charge is 2.23. The van der Waals surface area contributed by atoms with Crippen molar-refractivity contribution in [2.75, 3.05) is 0 Å². The first-order valence-corrected chi connectivity index (χ1v) is 7.82. The second kappa shape index (κ2) is 5.63. The van der Waals surface area contributed by atoms with Crippen LogP contribution in [-0.4, -0.2) is 5.11 Å². The van der Waals surface area contributed by atoms with E-state index >= 15 is 0 Å². The molecule has 0 saturated heterocycles. The van der Waals surface area contributed by atoms with Gasteiger partial charge in [0.25, 0.3) is 0 Å². The van der Waals surface area contributed by atoms with Crippen molar-refractivity contribution in [1.29, 1.82) is 0 Å². The first kappa shape index (κ1) is 13.1. The summed E-state index contributed by atoms with van der Waals surface area (Å²) in [7, 11) is 0. The maximum absolute atomic E-state index is 10.4. The molecule has 1 fully saturated rings. The van der Waals surface area contributed by atoms with Gasteiger partial charge in [-0.3, -0.25) is 0 Å². The van der Waals surface area contributed by atoms with Crippen LogP contribution in [0.15, 0.2) is 48.5 Å². The molecule has 0 spiro atoms. The lowest BCUT2D eigenvalue weighted by Gasteiger charge is -2.12. The second-order valence-corrected chi connectivity index (χ2v) is 6.54. The molecule has 2 aromatic rings. The standard InChI is InChI=1S/C17H17IO/c18-16-8-4-12(5-9-16)10-17(19)15-3-1-2-14(11-15)13-6-7-13/h1-5,8-9,11,13,17,19H,6-7,10H2. The van der Waals surface area contributed by atoms with Crippen molar-refractivity contribution < 1.29 is 5.11 Å². The van der Waals surface area contributed by atoms with Crippen LogP contribution in [0.25, 0.3) is 0 Å². The van der Waals surface area contributed by atoms with Gasteiger partial charge < -0.3 is 5.11 Å². The number of halogens is 1. The molecule has 0 amide bonds. The Balaban J connectivity index is 1.74. The van der Waals surface area contributed by atoms with Gasteiger partial charge in [-0.2, -0.15) is 0 Å². The third kappa shape index (κ3) is 3.37. The lowest BCUT2D eigenvalue weighted by Crippen LogP contribution is -2.02. The fraction of sp³-hybridized carbons (Fsp3) is 0.294. The normalized spacial score (nSPS) is 16.3. The zero-order chi connectivity index (χ0) is 13.2. The van der Waals surface area contributed by atoms with E-state index in [0.29, 0.717) is 6.42 Å². The molecule has 3 rings (SSSR count). The zero-order valence-corrected chi connectivity index (χ0v) is 12.9. The predicted molar refractivity (Wildman–Crippen MR) is 86.2 cm³/mol. The van der Waals surface area contributed by atoms with Crippen molar-refractivity contribution in [3.63, 3.8) is 0 Å². The van der Waals surface area contributed by atoms with Gasteiger partial charge in [0.05, 0.1) is 6.10 Å². The zero-order valence-electron chi connectivity index (χ0n) is 10.7. The first-order valence-electron chi connectivity index (χ1n) is 6.75. The Labute approximate surface area is 127 Å². The molecule has 1 N–H and O–H groups in total. The van der Waals surface area contributed by atoms with Crippen LogP contribution in [0.3, 0.4) is 0 Å². The van der Waals surface area contributed by atoms with E-state index in [1.807, 2.05) is 6.07 Å². The number of aliphatic hydroxyl groups excluding tert-OH is 1. The Morgan fingerprint density at radius 3 is 2.53 bits per heavy atom. The summed E-state index contributed by atoms with van der Waals surface area (Å²) in [5.74, 6) is 0.741. The van der Waals surface area contributed by atoms with Crippen LogP contribution in [0, 0.1) is 3.57 Å². The van der Waals surface area contributed by atoms with Crippen molar-refractivity contribution >= 4 is 22.6 Å². The molecule has 1 saturated carbocycles. The van der Waals surface area contributed by atoms with Gasteiger partial charge in [-0.15, -0.1) is 0 Å². The van der Waals surface area contributed by atoms with E-state index in [2.05, 4.69) is 65.1 Å². The van der Waals surface area contributed by atoms with E-state index in [4.69, 9.17) is 0 Å². The molecule has 1 nitrogen and oxygen atoms in total. The summed E-state index contributed by atoms with van der Waals surface area (Å²) >= 11 is 2.30. The number of hydrogen-bond acceptors (Lipinski definition) is 1. The van der Waals surface area contributed by atoms with Crippen LogP contribution >= 0.6 is 22.6 Å². The van der Waals surface area contributed by atoms with Crippen molar-refractivity contribution in [2.24, 2.45) is 0 Å². The van der Waals surface area contributed by atoms with Crippen LogP contribution in [0.5, 0.6) is 0 Å². The molecule has 0 aliphatic heterocycles. The van der Waals surface area contributed by atoms with Gasteiger partial charge >= 0.3 is 0 Å². The molecule has 0 bridgehead atoms. The minimum absolute atomic E-state index is 0.404. The molecular weight excluding hydrogens is 347 g/mol. The molecule has 1 aliphatic carbocycles. The Morgan fingerprint density at radius 2 is 1.84 bits per heavy atom. The highest BCUT2D eigenvalue weighted by atomic mass is 127.